The number of hydrogen-bond donors (Lipinski definition) is 1. The van der Waals surface area contributed by atoms with Gasteiger partial charge in [0.2, 0.25) is 0 Å². The molecule has 0 aliphatic rings. The summed E-state index contributed by atoms with van der Waals surface area (Å²) in [6.07, 6.45) is 3.21. The highest BCUT2D eigenvalue weighted by molar-refractivity contribution is 6.02. The lowest BCUT2D eigenvalue weighted by atomic mass is 10.1. The zero-order valence-corrected chi connectivity index (χ0v) is 6.96. The fraction of sp³-hybridized carbons (Fsp3) is 0.111. The molecule has 0 unspecified atom stereocenters. The van der Waals surface area contributed by atoms with E-state index in [0.717, 1.165) is 0 Å². The summed E-state index contributed by atoms with van der Waals surface area (Å²) in [4.78, 5) is 21.5. The van der Waals surface area contributed by atoms with Crippen molar-refractivity contribution in [3.63, 3.8) is 0 Å². The van der Waals surface area contributed by atoms with Gasteiger partial charge in [-0.15, -0.1) is 0 Å². The van der Waals surface area contributed by atoms with Crippen molar-refractivity contribution in [3.8, 4) is 0 Å². The van der Waals surface area contributed by atoms with Crippen LogP contribution in [0.1, 0.15) is 0 Å². The van der Waals surface area contributed by atoms with Crippen molar-refractivity contribution in [2.45, 2.75) is 0 Å². The standard InChI is InChI=1S/C9H11NO2/c1-4-7(6-11)8(5-2)9(12)10-3/h4-6H,1-2H2,3H3,(H,10,12)/b8-7-. The number of carbonyl (C=O) groups is 2. The first-order valence-electron chi connectivity index (χ1n) is 3.37. The summed E-state index contributed by atoms with van der Waals surface area (Å²) in [5, 5.41) is 2.39. The smallest absolute Gasteiger partial charge is 0.251 e. The maximum atomic E-state index is 11.1. The van der Waals surface area contributed by atoms with E-state index in [2.05, 4.69) is 18.5 Å². The monoisotopic (exact) mass is 165 g/mol. The Morgan fingerprint density at radius 3 is 2.17 bits per heavy atom. The maximum Gasteiger partial charge on any atom is 0.251 e. The summed E-state index contributed by atoms with van der Waals surface area (Å²) >= 11 is 0. The van der Waals surface area contributed by atoms with Gasteiger partial charge in [-0.25, -0.2) is 0 Å². The third kappa shape index (κ3) is 2.20. The zero-order chi connectivity index (χ0) is 9.56. The van der Waals surface area contributed by atoms with Crippen LogP contribution in [0.4, 0.5) is 0 Å². The summed E-state index contributed by atoms with van der Waals surface area (Å²) in [5.41, 5.74) is 0.479. The van der Waals surface area contributed by atoms with E-state index in [1.807, 2.05) is 0 Å². The van der Waals surface area contributed by atoms with Crippen molar-refractivity contribution in [1.29, 1.82) is 0 Å². The molecule has 0 aliphatic carbocycles. The zero-order valence-electron chi connectivity index (χ0n) is 6.96. The highest BCUT2D eigenvalue weighted by Gasteiger charge is 2.06. The third-order valence-corrected chi connectivity index (χ3v) is 1.33. The van der Waals surface area contributed by atoms with Crippen LogP contribution in [-0.4, -0.2) is 19.2 Å². The molecule has 0 saturated heterocycles. The van der Waals surface area contributed by atoms with Crippen LogP contribution in [0.5, 0.6) is 0 Å². The number of amides is 1. The minimum absolute atomic E-state index is 0.238. The predicted molar refractivity (Wildman–Crippen MR) is 47.6 cm³/mol. The van der Waals surface area contributed by atoms with Gasteiger partial charge in [-0.1, -0.05) is 25.3 Å². The van der Waals surface area contributed by atoms with Gasteiger partial charge in [-0.05, 0) is 0 Å². The van der Waals surface area contributed by atoms with E-state index < -0.39 is 0 Å². The lowest BCUT2D eigenvalue weighted by molar-refractivity contribution is -0.117. The Balaban J connectivity index is 5.07. The molecule has 1 N–H and O–H groups in total. The summed E-state index contributed by atoms with van der Waals surface area (Å²) < 4.78 is 0. The molecule has 0 aromatic carbocycles. The van der Waals surface area contributed by atoms with E-state index in [-0.39, 0.29) is 17.1 Å². The second-order valence-electron chi connectivity index (χ2n) is 1.97. The first-order valence-corrected chi connectivity index (χ1v) is 3.37. The lowest BCUT2D eigenvalue weighted by Crippen LogP contribution is -2.20. The van der Waals surface area contributed by atoms with Gasteiger partial charge in [0.15, 0.2) is 6.29 Å². The van der Waals surface area contributed by atoms with Crippen molar-refractivity contribution >= 4 is 12.2 Å². The van der Waals surface area contributed by atoms with Crippen LogP contribution in [0.2, 0.25) is 0 Å². The molecule has 0 saturated carbocycles. The lowest BCUT2D eigenvalue weighted by Gasteiger charge is -2.00. The highest BCUT2D eigenvalue weighted by Crippen LogP contribution is 2.04. The number of allylic oxidation sites excluding steroid dienone is 2. The Bertz CT molecular complexity index is 241. The van der Waals surface area contributed by atoms with E-state index in [4.69, 9.17) is 0 Å². The molecule has 12 heavy (non-hydrogen) atoms. The van der Waals surface area contributed by atoms with Crippen LogP contribution >= 0.6 is 0 Å². The van der Waals surface area contributed by atoms with Gasteiger partial charge in [0.05, 0.1) is 0 Å². The molecule has 0 radical (unpaired) electrons. The van der Waals surface area contributed by atoms with Gasteiger partial charge < -0.3 is 5.32 Å². The minimum atomic E-state index is -0.341. The topological polar surface area (TPSA) is 46.2 Å². The van der Waals surface area contributed by atoms with Crippen molar-refractivity contribution < 1.29 is 9.59 Å². The quantitative estimate of drug-likeness (QED) is 0.376. The van der Waals surface area contributed by atoms with E-state index in [1.54, 1.807) is 0 Å². The molecule has 1 amide bonds. The first kappa shape index (κ1) is 10.4. The van der Waals surface area contributed by atoms with Crippen molar-refractivity contribution in [1.82, 2.24) is 5.32 Å². The Morgan fingerprint density at radius 2 is 1.92 bits per heavy atom. The SMILES string of the molecule is C=C/C(C=O)=C(\C=C)C(=O)NC. The average molecular weight is 165 g/mol. The molecule has 64 valence electrons. The van der Waals surface area contributed by atoms with Crippen molar-refractivity contribution in [2.75, 3.05) is 7.05 Å². The molecule has 0 aromatic rings. The van der Waals surface area contributed by atoms with Gasteiger partial charge in [0, 0.05) is 18.2 Å². The minimum Gasteiger partial charge on any atom is -0.355 e. The van der Waals surface area contributed by atoms with E-state index in [1.165, 1.54) is 19.2 Å². The molecular weight excluding hydrogens is 154 g/mol. The van der Waals surface area contributed by atoms with Gasteiger partial charge >= 0.3 is 0 Å². The molecule has 0 aliphatic heterocycles. The second-order valence-corrected chi connectivity index (χ2v) is 1.97. The molecule has 3 heteroatoms. The molecule has 0 rings (SSSR count). The predicted octanol–water partition coefficient (Wildman–Crippen LogP) is 0.600. The van der Waals surface area contributed by atoms with Gasteiger partial charge in [-0.2, -0.15) is 0 Å². The van der Waals surface area contributed by atoms with Crippen molar-refractivity contribution in [2.24, 2.45) is 0 Å². The number of carbonyl (C=O) groups excluding carboxylic acids is 2. The van der Waals surface area contributed by atoms with E-state index >= 15 is 0 Å². The van der Waals surface area contributed by atoms with Crippen LogP contribution in [0.3, 0.4) is 0 Å². The maximum absolute atomic E-state index is 11.1. The molecule has 0 spiro atoms. The normalized spacial score (nSPS) is 11.1. The Hall–Kier alpha value is -1.64. The van der Waals surface area contributed by atoms with Gasteiger partial charge in [-0.3, -0.25) is 9.59 Å². The molecule has 3 nitrogen and oxygen atoms in total. The highest BCUT2D eigenvalue weighted by atomic mass is 16.1. The second kappa shape index (κ2) is 5.07. The Labute approximate surface area is 71.5 Å². The van der Waals surface area contributed by atoms with Gasteiger partial charge in [0.1, 0.15) is 0 Å². The fourth-order valence-corrected chi connectivity index (χ4v) is 0.698. The molecule has 0 bridgehead atoms. The Kier molecular flexibility index (Phi) is 4.38. The molecule has 0 heterocycles. The summed E-state index contributed by atoms with van der Waals surface area (Å²) in [5.74, 6) is -0.341. The summed E-state index contributed by atoms with van der Waals surface area (Å²) in [7, 11) is 1.48. The summed E-state index contributed by atoms with van der Waals surface area (Å²) in [6, 6.07) is 0. The van der Waals surface area contributed by atoms with Crippen molar-refractivity contribution in [3.05, 3.63) is 36.5 Å². The fourth-order valence-electron chi connectivity index (χ4n) is 0.698. The van der Waals surface area contributed by atoms with Crippen LogP contribution in [0.15, 0.2) is 36.5 Å². The molecule has 0 aromatic heterocycles. The number of aldehydes is 1. The Morgan fingerprint density at radius 1 is 1.33 bits per heavy atom. The number of likely N-dealkylation sites (N-methyl/N-ethyl adjacent to an activating group) is 1. The summed E-state index contributed by atoms with van der Waals surface area (Å²) in [6.45, 7) is 6.82. The largest absolute Gasteiger partial charge is 0.355 e. The van der Waals surface area contributed by atoms with Crippen LogP contribution in [-0.2, 0) is 9.59 Å². The third-order valence-electron chi connectivity index (χ3n) is 1.33. The molecule has 0 atom stereocenters. The van der Waals surface area contributed by atoms with Crippen LogP contribution < -0.4 is 5.32 Å². The first-order chi connectivity index (χ1) is 5.71. The van der Waals surface area contributed by atoms with E-state index in [0.29, 0.717) is 6.29 Å². The van der Waals surface area contributed by atoms with Gasteiger partial charge in [0.25, 0.3) is 5.91 Å². The molecular formula is C9H11NO2. The average Bonchev–Trinajstić information content (AvgIpc) is 2.12. The van der Waals surface area contributed by atoms with Crippen LogP contribution in [0, 0.1) is 0 Å². The van der Waals surface area contributed by atoms with Crippen LogP contribution in [0.25, 0.3) is 0 Å². The van der Waals surface area contributed by atoms with E-state index in [9.17, 15) is 9.59 Å². The number of hydrogen-bond acceptors (Lipinski definition) is 2. The number of rotatable bonds is 4. The number of nitrogens with one attached hydrogen (secondary N) is 1. The molecule has 0 fully saturated rings.